The molecule has 2 atom stereocenters. The number of methoxy groups -OCH3 is 1. The van der Waals surface area contributed by atoms with E-state index in [0.717, 1.165) is 22.6 Å². The van der Waals surface area contributed by atoms with Crippen molar-refractivity contribution in [2.24, 2.45) is 0 Å². The van der Waals surface area contributed by atoms with Crippen molar-refractivity contribution in [1.82, 2.24) is 14.7 Å². The van der Waals surface area contributed by atoms with Crippen LogP contribution in [0, 0.1) is 6.92 Å². The van der Waals surface area contributed by atoms with E-state index in [1.807, 2.05) is 26.8 Å². The van der Waals surface area contributed by atoms with Gasteiger partial charge in [-0.2, -0.15) is 5.10 Å². The maximum atomic E-state index is 13.3. The van der Waals surface area contributed by atoms with Gasteiger partial charge in [0.2, 0.25) is 0 Å². The van der Waals surface area contributed by atoms with Crippen LogP contribution in [0.4, 0.5) is 0 Å². The zero-order valence-electron chi connectivity index (χ0n) is 16.1. The minimum Gasteiger partial charge on any atom is -0.469 e. The van der Waals surface area contributed by atoms with E-state index in [2.05, 4.69) is 5.10 Å². The van der Waals surface area contributed by atoms with Crippen LogP contribution >= 0.6 is 0 Å². The van der Waals surface area contributed by atoms with Gasteiger partial charge in [-0.25, -0.2) is 0 Å². The quantitative estimate of drug-likeness (QED) is 0.791. The number of fused-ring (bicyclic) bond motifs is 1. The van der Waals surface area contributed by atoms with Gasteiger partial charge >= 0.3 is 0 Å². The van der Waals surface area contributed by atoms with Crippen molar-refractivity contribution in [1.29, 1.82) is 0 Å². The summed E-state index contributed by atoms with van der Waals surface area (Å²) in [5.74, 6) is 0.784. The molecule has 0 unspecified atom stereocenters. The fourth-order valence-corrected chi connectivity index (χ4v) is 3.46. The molecule has 1 aliphatic rings. The largest absolute Gasteiger partial charge is 0.469 e. The summed E-state index contributed by atoms with van der Waals surface area (Å²) in [6, 6.07) is 1.90. The molecule has 0 radical (unpaired) electrons. The van der Waals surface area contributed by atoms with E-state index >= 15 is 0 Å². The van der Waals surface area contributed by atoms with Crippen LogP contribution in [0.15, 0.2) is 16.7 Å². The zero-order valence-corrected chi connectivity index (χ0v) is 16.1. The van der Waals surface area contributed by atoms with E-state index in [1.165, 1.54) is 0 Å². The number of hydrogen-bond donors (Lipinski definition) is 0. The predicted molar refractivity (Wildman–Crippen MR) is 96.0 cm³/mol. The summed E-state index contributed by atoms with van der Waals surface area (Å²) in [5, 5.41) is 4.67. The van der Waals surface area contributed by atoms with E-state index in [1.54, 1.807) is 30.0 Å². The Kier molecular flexibility index (Phi) is 5.48. The smallest absolute Gasteiger partial charge is 0.272 e. The number of nitrogens with zero attached hydrogens (tertiary/aromatic N) is 3. The molecule has 3 heterocycles. The van der Waals surface area contributed by atoms with Crippen LogP contribution in [0.1, 0.15) is 53.0 Å². The molecule has 0 spiro atoms. The summed E-state index contributed by atoms with van der Waals surface area (Å²) in [4.78, 5) is 15.0. The standard InChI is InChI=1S/C19H27N3O4/c1-12-10-16-17(14(3)26-12)20-22(7-9-24-5)18(16)19(23)21(4)11-15-6-8-25-13(15)2/h6,8,12,14H,7,9-11H2,1-5H3/t12-,14+/m0/s1. The summed E-state index contributed by atoms with van der Waals surface area (Å²) in [6.45, 7) is 7.43. The molecule has 3 rings (SSSR count). The number of carbonyl (C=O) groups is 1. The average molecular weight is 361 g/mol. The van der Waals surface area contributed by atoms with Gasteiger partial charge in [0, 0.05) is 38.2 Å². The highest BCUT2D eigenvalue weighted by molar-refractivity contribution is 5.94. The Hall–Kier alpha value is -2.12. The second kappa shape index (κ2) is 7.63. The van der Waals surface area contributed by atoms with E-state index in [4.69, 9.17) is 13.9 Å². The normalized spacial score (nSPS) is 19.4. The lowest BCUT2D eigenvalue weighted by Gasteiger charge is -2.25. The maximum absolute atomic E-state index is 13.3. The van der Waals surface area contributed by atoms with Crippen LogP contribution < -0.4 is 0 Å². The van der Waals surface area contributed by atoms with Crippen LogP contribution in [0.2, 0.25) is 0 Å². The average Bonchev–Trinajstić information content (AvgIpc) is 3.16. The molecule has 0 saturated heterocycles. The topological polar surface area (TPSA) is 69.7 Å². The zero-order chi connectivity index (χ0) is 18.8. The second-order valence-corrected chi connectivity index (χ2v) is 6.88. The molecule has 1 aliphatic heterocycles. The third-order valence-corrected chi connectivity index (χ3v) is 4.82. The Balaban J connectivity index is 1.93. The van der Waals surface area contributed by atoms with E-state index in [9.17, 15) is 4.79 Å². The first kappa shape index (κ1) is 18.7. The van der Waals surface area contributed by atoms with Crippen LogP contribution in [-0.4, -0.2) is 47.5 Å². The van der Waals surface area contributed by atoms with Crippen LogP contribution in [0.3, 0.4) is 0 Å². The molecule has 1 amide bonds. The summed E-state index contributed by atoms with van der Waals surface area (Å²) < 4.78 is 18.2. The Bertz CT molecular complexity index is 780. The van der Waals surface area contributed by atoms with Gasteiger partial charge in [-0.1, -0.05) is 0 Å². The molecule has 0 fully saturated rings. The van der Waals surface area contributed by atoms with Crippen molar-refractivity contribution in [3.05, 3.63) is 40.6 Å². The molecule has 0 bridgehead atoms. The first-order valence-electron chi connectivity index (χ1n) is 8.94. The molecule has 0 N–H and O–H groups in total. The minimum atomic E-state index is -0.120. The van der Waals surface area contributed by atoms with E-state index in [-0.39, 0.29) is 18.1 Å². The van der Waals surface area contributed by atoms with Crippen molar-refractivity contribution in [2.75, 3.05) is 20.8 Å². The maximum Gasteiger partial charge on any atom is 0.272 e. The Morgan fingerprint density at radius 3 is 2.88 bits per heavy atom. The number of carbonyl (C=O) groups excluding carboxylic acids is 1. The second-order valence-electron chi connectivity index (χ2n) is 6.88. The third-order valence-electron chi connectivity index (χ3n) is 4.82. The van der Waals surface area contributed by atoms with Gasteiger partial charge in [-0.15, -0.1) is 0 Å². The lowest BCUT2D eigenvalue weighted by Crippen LogP contribution is -2.31. The van der Waals surface area contributed by atoms with Crippen LogP contribution in [-0.2, 0) is 29.0 Å². The summed E-state index contributed by atoms with van der Waals surface area (Å²) >= 11 is 0. The Morgan fingerprint density at radius 2 is 2.23 bits per heavy atom. The monoisotopic (exact) mass is 361 g/mol. The molecule has 7 heteroatoms. The van der Waals surface area contributed by atoms with Crippen LogP contribution in [0.25, 0.3) is 0 Å². The van der Waals surface area contributed by atoms with Gasteiger partial charge in [0.15, 0.2) is 0 Å². The van der Waals surface area contributed by atoms with Gasteiger partial charge in [0.05, 0.1) is 37.3 Å². The molecule has 2 aromatic heterocycles. The highest BCUT2D eigenvalue weighted by Crippen LogP contribution is 2.32. The Labute approximate surface area is 153 Å². The molecule has 0 saturated carbocycles. The fraction of sp³-hybridized carbons (Fsp3) is 0.579. The number of aryl methyl sites for hydroxylation is 1. The first-order valence-corrected chi connectivity index (χ1v) is 8.94. The number of hydrogen-bond acceptors (Lipinski definition) is 5. The molecule has 2 aromatic rings. The summed E-state index contributed by atoms with van der Waals surface area (Å²) in [5.41, 5.74) is 3.49. The molecule has 26 heavy (non-hydrogen) atoms. The highest BCUT2D eigenvalue weighted by Gasteiger charge is 2.33. The molecular weight excluding hydrogens is 334 g/mol. The van der Waals surface area contributed by atoms with Crippen molar-refractivity contribution >= 4 is 5.91 Å². The summed E-state index contributed by atoms with van der Waals surface area (Å²) in [6.07, 6.45) is 2.27. The van der Waals surface area contributed by atoms with Gasteiger partial charge < -0.3 is 18.8 Å². The van der Waals surface area contributed by atoms with Gasteiger partial charge in [-0.3, -0.25) is 9.48 Å². The lowest BCUT2D eigenvalue weighted by molar-refractivity contribution is -0.00720. The first-order chi connectivity index (χ1) is 12.4. The minimum absolute atomic E-state index is 0.0447. The van der Waals surface area contributed by atoms with Gasteiger partial charge in [-0.05, 0) is 26.8 Å². The molecule has 0 aromatic carbocycles. The molecular formula is C19H27N3O4. The van der Waals surface area contributed by atoms with Crippen molar-refractivity contribution in [3.8, 4) is 0 Å². The fourth-order valence-electron chi connectivity index (χ4n) is 3.46. The number of aromatic nitrogens is 2. The predicted octanol–water partition coefficient (Wildman–Crippen LogP) is 2.73. The third kappa shape index (κ3) is 3.54. The molecule has 7 nitrogen and oxygen atoms in total. The molecule has 0 aliphatic carbocycles. The summed E-state index contributed by atoms with van der Waals surface area (Å²) in [7, 11) is 3.45. The van der Waals surface area contributed by atoms with E-state index in [0.29, 0.717) is 31.8 Å². The molecule has 142 valence electrons. The van der Waals surface area contributed by atoms with Gasteiger partial charge in [0.25, 0.3) is 5.91 Å². The number of rotatable bonds is 6. The number of amides is 1. The lowest BCUT2D eigenvalue weighted by atomic mass is 9.99. The highest BCUT2D eigenvalue weighted by atomic mass is 16.5. The van der Waals surface area contributed by atoms with E-state index < -0.39 is 0 Å². The SMILES string of the molecule is COCCn1nc2c(c1C(=O)N(C)Cc1ccoc1C)C[C@H](C)O[C@@H]2C. The number of furan rings is 1. The van der Waals surface area contributed by atoms with Crippen molar-refractivity contribution < 1.29 is 18.7 Å². The van der Waals surface area contributed by atoms with Crippen molar-refractivity contribution in [2.45, 2.75) is 52.5 Å². The number of ether oxygens (including phenoxy) is 2. The van der Waals surface area contributed by atoms with Crippen LogP contribution in [0.5, 0.6) is 0 Å². The van der Waals surface area contributed by atoms with Gasteiger partial charge in [0.1, 0.15) is 11.5 Å². The van der Waals surface area contributed by atoms with Crippen molar-refractivity contribution in [3.63, 3.8) is 0 Å². The Morgan fingerprint density at radius 1 is 1.46 bits per heavy atom.